The number of nitrogens with one attached hydrogen (secondary N) is 3. The normalized spacial score (nSPS) is 14.3. The Balaban J connectivity index is 1.37. The Kier molecular flexibility index (Phi) is 11.8. The number of amides is 3. The van der Waals surface area contributed by atoms with Crippen LogP contribution in [-0.2, 0) is 20.9 Å². The first-order valence-corrected chi connectivity index (χ1v) is 15.0. The first kappa shape index (κ1) is 34.0. The molecule has 0 spiro atoms. The van der Waals surface area contributed by atoms with Crippen molar-refractivity contribution in [1.82, 2.24) is 16.1 Å². The summed E-state index contributed by atoms with van der Waals surface area (Å²) in [7, 11) is 2.93. The summed E-state index contributed by atoms with van der Waals surface area (Å²) < 4.78 is 41.9. The van der Waals surface area contributed by atoms with Gasteiger partial charge in [-0.25, -0.2) is 19.4 Å². The number of urea groups is 1. The van der Waals surface area contributed by atoms with E-state index in [0.717, 1.165) is 3.57 Å². The van der Waals surface area contributed by atoms with Crippen LogP contribution in [-0.4, -0.2) is 51.6 Å². The molecule has 3 aromatic carbocycles. The van der Waals surface area contributed by atoms with Gasteiger partial charge in [0.15, 0.2) is 29.6 Å². The van der Waals surface area contributed by atoms with Gasteiger partial charge in [0.1, 0.15) is 12.4 Å². The summed E-state index contributed by atoms with van der Waals surface area (Å²) in [5.74, 6) is 0.0364. The van der Waals surface area contributed by atoms with E-state index < -0.39 is 23.9 Å². The molecule has 242 valence electrons. The van der Waals surface area contributed by atoms with Crippen LogP contribution in [0.3, 0.4) is 0 Å². The maximum absolute atomic E-state index is 13.5. The first-order chi connectivity index (χ1) is 22.1. The number of halogens is 2. The lowest BCUT2D eigenvalue weighted by Crippen LogP contribution is -2.45. The summed E-state index contributed by atoms with van der Waals surface area (Å²) in [6, 6.07) is 13.2. The summed E-state index contributed by atoms with van der Waals surface area (Å²) in [6.07, 6.45) is 1.44. The third-order valence-electron chi connectivity index (χ3n) is 6.57. The molecule has 0 aliphatic carbocycles. The molecule has 0 fully saturated rings. The third-order valence-corrected chi connectivity index (χ3v) is 7.37. The minimum Gasteiger partial charge on any atom is -0.493 e. The van der Waals surface area contributed by atoms with Gasteiger partial charge < -0.3 is 34.3 Å². The van der Waals surface area contributed by atoms with Gasteiger partial charge >= 0.3 is 12.0 Å². The van der Waals surface area contributed by atoms with Crippen molar-refractivity contribution >= 4 is 46.7 Å². The Labute approximate surface area is 278 Å². The molecule has 12 nitrogen and oxygen atoms in total. The lowest BCUT2D eigenvalue weighted by atomic mass is 9.95. The highest BCUT2D eigenvalue weighted by molar-refractivity contribution is 14.1. The lowest BCUT2D eigenvalue weighted by Gasteiger charge is -2.28. The highest BCUT2D eigenvalue weighted by atomic mass is 127. The van der Waals surface area contributed by atoms with Gasteiger partial charge in [0.05, 0.1) is 42.2 Å². The van der Waals surface area contributed by atoms with Crippen LogP contribution in [0.25, 0.3) is 0 Å². The molecule has 14 heteroatoms. The fraction of sp³-hybridized carbons (Fsp3) is 0.250. The zero-order chi connectivity index (χ0) is 33.2. The number of methoxy groups -OCH3 is 2. The number of esters is 1. The Morgan fingerprint density at radius 1 is 1.04 bits per heavy atom. The fourth-order valence-corrected chi connectivity index (χ4v) is 5.28. The number of ether oxygens (including phenoxy) is 5. The molecule has 1 aliphatic rings. The van der Waals surface area contributed by atoms with Crippen molar-refractivity contribution in [2.45, 2.75) is 26.5 Å². The van der Waals surface area contributed by atoms with Crippen LogP contribution in [0.1, 0.15) is 36.6 Å². The highest BCUT2D eigenvalue weighted by Gasteiger charge is 2.32. The maximum atomic E-state index is 13.5. The SMILES string of the molecule is CCOC(=O)C1=C(C)NC(=O)N[C@H]1c1ccc(OCC(=O)N/N=C\c2cc(I)c(OCc3cccc(F)c3)c(OC)c2)c(OC)c1. The number of nitrogens with zero attached hydrogens (tertiary/aromatic N) is 1. The van der Waals surface area contributed by atoms with Crippen molar-refractivity contribution in [3.8, 4) is 23.0 Å². The predicted octanol–water partition coefficient (Wildman–Crippen LogP) is 4.75. The average Bonchev–Trinajstić information content (AvgIpc) is 3.02. The smallest absolute Gasteiger partial charge is 0.338 e. The number of rotatable bonds is 13. The van der Waals surface area contributed by atoms with Crippen molar-refractivity contribution in [3.63, 3.8) is 0 Å². The van der Waals surface area contributed by atoms with E-state index in [1.165, 1.54) is 32.6 Å². The van der Waals surface area contributed by atoms with Crippen LogP contribution >= 0.6 is 22.6 Å². The molecule has 0 unspecified atom stereocenters. The van der Waals surface area contributed by atoms with Crippen LogP contribution in [0, 0.1) is 9.39 Å². The van der Waals surface area contributed by atoms with Crippen LogP contribution in [0.2, 0.25) is 0 Å². The zero-order valence-corrected chi connectivity index (χ0v) is 27.6. The maximum Gasteiger partial charge on any atom is 0.338 e. The Morgan fingerprint density at radius 3 is 2.54 bits per heavy atom. The minimum absolute atomic E-state index is 0.154. The number of hydrazone groups is 1. The van der Waals surface area contributed by atoms with Gasteiger partial charge in [-0.05, 0) is 89.5 Å². The van der Waals surface area contributed by atoms with Gasteiger partial charge in [-0.3, -0.25) is 4.79 Å². The minimum atomic E-state index is -0.788. The number of hydrogen-bond donors (Lipinski definition) is 3. The molecule has 1 aliphatic heterocycles. The standard InChI is InChI=1S/C32H32FIN4O8/c1-5-44-31(40)28-18(2)36-32(41)37-29(28)21-9-10-24(25(14-21)42-3)45-17-27(39)38-35-15-20-12-23(34)30(26(13-20)43-4)46-16-19-7-6-8-22(33)11-19/h6-15,29H,5,16-17H2,1-4H3,(H,38,39)(H2,36,37,41)/b35-15-/t29-/m0/s1. The Bertz CT molecular complexity index is 1680. The van der Waals surface area contributed by atoms with E-state index in [9.17, 15) is 18.8 Å². The first-order valence-electron chi connectivity index (χ1n) is 14.0. The van der Waals surface area contributed by atoms with E-state index in [4.69, 9.17) is 23.7 Å². The quantitative estimate of drug-likeness (QED) is 0.0985. The van der Waals surface area contributed by atoms with E-state index in [1.807, 2.05) is 0 Å². The summed E-state index contributed by atoms with van der Waals surface area (Å²) in [4.78, 5) is 37.3. The number of benzene rings is 3. The second kappa shape index (κ2) is 15.9. The molecule has 0 saturated carbocycles. The molecule has 0 bridgehead atoms. The molecular formula is C32H32FIN4O8. The van der Waals surface area contributed by atoms with E-state index in [0.29, 0.717) is 33.9 Å². The van der Waals surface area contributed by atoms with Crippen molar-refractivity contribution in [2.75, 3.05) is 27.4 Å². The second-order valence-electron chi connectivity index (χ2n) is 9.74. The number of carbonyl (C=O) groups excluding carboxylic acids is 3. The average molecular weight is 747 g/mol. The molecular weight excluding hydrogens is 714 g/mol. The van der Waals surface area contributed by atoms with Crippen LogP contribution < -0.4 is 35.0 Å². The van der Waals surface area contributed by atoms with Crippen molar-refractivity contribution < 1.29 is 42.5 Å². The Morgan fingerprint density at radius 2 is 1.83 bits per heavy atom. The monoisotopic (exact) mass is 746 g/mol. The zero-order valence-electron chi connectivity index (χ0n) is 25.4. The molecule has 0 radical (unpaired) electrons. The van der Waals surface area contributed by atoms with E-state index in [2.05, 4.69) is 43.8 Å². The van der Waals surface area contributed by atoms with E-state index in [1.54, 1.807) is 56.3 Å². The van der Waals surface area contributed by atoms with Crippen LogP contribution in [0.15, 0.2) is 71.0 Å². The van der Waals surface area contributed by atoms with Crippen molar-refractivity contribution in [2.24, 2.45) is 5.10 Å². The van der Waals surface area contributed by atoms with Crippen LogP contribution in [0.5, 0.6) is 23.0 Å². The van der Waals surface area contributed by atoms with Gasteiger partial charge in [-0.15, -0.1) is 0 Å². The third kappa shape index (κ3) is 8.65. The fourth-order valence-electron chi connectivity index (χ4n) is 4.50. The lowest BCUT2D eigenvalue weighted by molar-refractivity contribution is -0.139. The Hall–Kier alpha value is -4.86. The summed E-state index contributed by atoms with van der Waals surface area (Å²) >= 11 is 2.09. The molecule has 0 aromatic heterocycles. The van der Waals surface area contributed by atoms with Gasteiger partial charge in [-0.1, -0.05) is 18.2 Å². The molecule has 3 amide bonds. The van der Waals surface area contributed by atoms with Crippen LogP contribution in [0.4, 0.5) is 9.18 Å². The van der Waals surface area contributed by atoms with Crippen molar-refractivity contribution in [3.05, 3.63) is 91.9 Å². The van der Waals surface area contributed by atoms with Gasteiger partial charge in [0, 0.05) is 5.70 Å². The molecule has 0 saturated heterocycles. The van der Waals surface area contributed by atoms with Crippen molar-refractivity contribution in [1.29, 1.82) is 0 Å². The second-order valence-corrected chi connectivity index (χ2v) is 10.9. The number of hydrogen-bond acceptors (Lipinski definition) is 9. The topological polar surface area (TPSA) is 146 Å². The molecule has 3 aromatic rings. The highest BCUT2D eigenvalue weighted by Crippen LogP contribution is 2.35. The van der Waals surface area contributed by atoms with E-state index in [-0.39, 0.29) is 42.7 Å². The summed E-state index contributed by atoms with van der Waals surface area (Å²) in [6.45, 7) is 3.26. The molecule has 4 rings (SSSR count). The van der Waals surface area contributed by atoms with Gasteiger partial charge in [-0.2, -0.15) is 5.10 Å². The molecule has 1 atom stereocenters. The summed E-state index contributed by atoms with van der Waals surface area (Å²) in [5, 5.41) is 9.31. The predicted molar refractivity (Wildman–Crippen MR) is 174 cm³/mol. The molecule has 3 N–H and O–H groups in total. The molecule has 1 heterocycles. The number of carbonyl (C=O) groups is 3. The summed E-state index contributed by atoms with van der Waals surface area (Å²) in [5.41, 5.74) is 4.90. The largest absolute Gasteiger partial charge is 0.493 e. The molecule has 46 heavy (non-hydrogen) atoms. The van der Waals surface area contributed by atoms with Gasteiger partial charge in [0.25, 0.3) is 5.91 Å². The van der Waals surface area contributed by atoms with E-state index >= 15 is 0 Å². The van der Waals surface area contributed by atoms with Gasteiger partial charge in [0.2, 0.25) is 0 Å². The number of allylic oxidation sites excluding steroid dienone is 1.